The van der Waals surface area contributed by atoms with Crippen LogP contribution in [-0.4, -0.2) is 30.6 Å². The molecule has 1 aliphatic carbocycles. The van der Waals surface area contributed by atoms with Crippen LogP contribution in [0, 0.1) is 5.92 Å². The second kappa shape index (κ2) is 4.57. The topological polar surface area (TPSA) is 38.5 Å². The second-order valence-electron chi connectivity index (χ2n) is 5.21. The summed E-state index contributed by atoms with van der Waals surface area (Å²) in [5.41, 5.74) is 6.57. The van der Waals surface area contributed by atoms with Crippen molar-refractivity contribution in [1.82, 2.24) is 4.90 Å². The number of hydrogen-bond donors (Lipinski definition) is 1. The van der Waals surface area contributed by atoms with Gasteiger partial charge in [0.2, 0.25) is 0 Å². The standard InChI is InChI=1S/C14H20N2O/c15-13-3-1-2-4-14(13)17-8-7-16-10-11-5-6-12(16)9-11/h1-4,11-12H,5-10,15H2. The van der Waals surface area contributed by atoms with Gasteiger partial charge in [-0.25, -0.2) is 0 Å². The molecule has 0 amide bonds. The van der Waals surface area contributed by atoms with Crippen molar-refractivity contribution in [3.05, 3.63) is 24.3 Å². The minimum atomic E-state index is 0.732. The van der Waals surface area contributed by atoms with Crippen molar-refractivity contribution in [3.8, 4) is 5.75 Å². The molecule has 2 atom stereocenters. The van der Waals surface area contributed by atoms with Crippen molar-refractivity contribution in [2.24, 2.45) is 5.92 Å². The summed E-state index contributed by atoms with van der Waals surface area (Å²) in [7, 11) is 0. The number of nitrogens with zero attached hydrogens (tertiary/aromatic N) is 1. The van der Waals surface area contributed by atoms with Gasteiger partial charge in [-0.3, -0.25) is 4.90 Å². The lowest BCUT2D eigenvalue weighted by atomic mass is 10.1. The van der Waals surface area contributed by atoms with Crippen molar-refractivity contribution in [2.45, 2.75) is 25.3 Å². The lowest BCUT2D eigenvalue weighted by molar-refractivity contribution is 0.172. The van der Waals surface area contributed by atoms with E-state index in [0.29, 0.717) is 0 Å². The summed E-state index contributed by atoms with van der Waals surface area (Å²) >= 11 is 0. The Bertz CT molecular complexity index is 394. The van der Waals surface area contributed by atoms with Gasteiger partial charge in [0.1, 0.15) is 12.4 Å². The number of ether oxygens (including phenoxy) is 1. The molecule has 1 aliphatic heterocycles. The summed E-state index contributed by atoms with van der Waals surface area (Å²) in [6, 6.07) is 8.54. The predicted molar refractivity (Wildman–Crippen MR) is 69.1 cm³/mol. The molecule has 0 spiro atoms. The molecule has 2 unspecified atom stereocenters. The molecule has 17 heavy (non-hydrogen) atoms. The summed E-state index contributed by atoms with van der Waals surface area (Å²) < 4.78 is 5.74. The number of piperidine rings is 1. The van der Waals surface area contributed by atoms with Crippen LogP contribution in [0.1, 0.15) is 19.3 Å². The molecule has 2 aliphatic rings. The van der Waals surface area contributed by atoms with Crippen LogP contribution in [0.15, 0.2) is 24.3 Å². The molecule has 3 rings (SSSR count). The minimum Gasteiger partial charge on any atom is -0.490 e. The third-order valence-electron chi connectivity index (χ3n) is 4.08. The van der Waals surface area contributed by atoms with Crippen molar-refractivity contribution >= 4 is 5.69 Å². The number of likely N-dealkylation sites (tertiary alicyclic amines) is 1. The van der Waals surface area contributed by atoms with E-state index in [2.05, 4.69) is 4.90 Å². The molecule has 1 aromatic rings. The second-order valence-corrected chi connectivity index (χ2v) is 5.21. The van der Waals surface area contributed by atoms with Gasteiger partial charge in [-0.05, 0) is 37.3 Å². The van der Waals surface area contributed by atoms with E-state index < -0.39 is 0 Å². The summed E-state index contributed by atoms with van der Waals surface area (Å²) in [6.45, 7) is 3.06. The predicted octanol–water partition coefficient (Wildman–Crippen LogP) is 2.13. The molecule has 1 aromatic carbocycles. The zero-order chi connectivity index (χ0) is 11.7. The average molecular weight is 232 g/mol. The Kier molecular flexibility index (Phi) is 2.93. The van der Waals surface area contributed by atoms with Crippen LogP contribution in [0.5, 0.6) is 5.75 Å². The number of fused-ring (bicyclic) bond motifs is 2. The van der Waals surface area contributed by atoms with Crippen LogP contribution < -0.4 is 10.5 Å². The zero-order valence-corrected chi connectivity index (χ0v) is 10.1. The van der Waals surface area contributed by atoms with Gasteiger partial charge in [-0.1, -0.05) is 12.1 Å². The molecule has 0 aromatic heterocycles. The Morgan fingerprint density at radius 2 is 2.18 bits per heavy atom. The molecule has 1 heterocycles. The van der Waals surface area contributed by atoms with E-state index in [1.54, 1.807) is 0 Å². The van der Waals surface area contributed by atoms with Gasteiger partial charge >= 0.3 is 0 Å². The minimum absolute atomic E-state index is 0.732. The van der Waals surface area contributed by atoms with Crippen LogP contribution in [-0.2, 0) is 0 Å². The summed E-state index contributed by atoms with van der Waals surface area (Å²) in [5, 5.41) is 0. The normalized spacial score (nSPS) is 27.5. The number of anilines is 1. The molecule has 2 N–H and O–H groups in total. The Balaban J connectivity index is 1.48. The largest absolute Gasteiger partial charge is 0.490 e. The molecule has 1 saturated carbocycles. The van der Waals surface area contributed by atoms with Crippen LogP contribution in [0.3, 0.4) is 0 Å². The Morgan fingerprint density at radius 3 is 2.88 bits per heavy atom. The first-order valence-electron chi connectivity index (χ1n) is 6.54. The maximum Gasteiger partial charge on any atom is 0.142 e. The highest BCUT2D eigenvalue weighted by Crippen LogP contribution is 2.36. The molecule has 92 valence electrons. The number of para-hydroxylation sites is 2. The van der Waals surface area contributed by atoms with E-state index >= 15 is 0 Å². The van der Waals surface area contributed by atoms with Gasteiger partial charge in [-0.15, -0.1) is 0 Å². The fourth-order valence-electron chi connectivity index (χ4n) is 3.19. The number of benzene rings is 1. The molecule has 3 nitrogen and oxygen atoms in total. The molecule has 2 bridgehead atoms. The first kappa shape index (κ1) is 10.9. The average Bonchev–Trinajstić information content (AvgIpc) is 2.94. The highest BCUT2D eigenvalue weighted by atomic mass is 16.5. The summed E-state index contributed by atoms with van der Waals surface area (Å²) in [5.74, 6) is 1.78. The van der Waals surface area contributed by atoms with Crippen molar-refractivity contribution < 1.29 is 4.74 Å². The van der Waals surface area contributed by atoms with E-state index in [1.165, 1.54) is 25.8 Å². The van der Waals surface area contributed by atoms with E-state index in [-0.39, 0.29) is 0 Å². The fourth-order valence-corrected chi connectivity index (χ4v) is 3.19. The van der Waals surface area contributed by atoms with Gasteiger partial charge in [0.05, 0.1) is 5.69 Å². The lowest BCUT2D eigenvalue weighted by Gasteiger charge is -2.26. The molecule has 0 radical (unpaired) electrons. The smallest absolute Gasteiger partial charge is 0.142 e. The summed E-state index contributed by atoms with van der Waals surface area (Å²) in [4.78, 5) is 2.58. The number of rotatable bonds is 4. The molecular weight excluding hydrogens is 212 g/mol. The first-order valence-corrected chi connectivity index (χ1v) is 6.54. The van der Waals surface area contributed by atoms with Crippen molar-refractivity contribution in [2.75, 3.05) is 25.4 Å². The molecule has 1 saturated heterocycles. The fraction of sp³-hybridized carbons (Fsp3) is 0.571. The van der Waals surface area contributed by atoms with E-state index in [4.69, 9.17) is 10.5 Å². The van der Waals surface area contributed by atoms with Gasteiger partial charge in [0.25, 0.3) is 0 Å². The van der Waals surface area contributed by atoms with Crippen LogP contribution >= 0.6 is 0 Å². The highest BCUT2D eigenvalue weighted by molar-refractivity contribution is 5.51. The van der Waals surface area contributed by atoms with Gasteiger partial charge < -0.3 is 10.5 Å². The van der Waals surface area contributed by atoms with Gasteiger partial charge in [0.15, 0.2) is 0 Å². The monoisotopic (exact) mass is 232 g/mol. The highest BCUT2D eigenvalue weighted by Gasteiger charge is 2.37. The molecule has 2 fully saturated rings. The summed E-state index contributed by atoms with van der Waals surface area (Å²) in [6.07, 6.45) is 4.24. The Hall–Kier alpha value is -1.22. The molecular formula is C14H20N2O. The van der Waals surface area contributed by atoms with E-state index in [9.17, 15) is 0 Å². The number of nitrogen functional groups attached to an aromatic ring is 1. The third-order valence-corrected chi connectivity index (χ3v) is 4.08. The van der Waals surface area contributed by atoms with Crippen molar-refractivity contribution in [3.63, 3.8) is 0 Å². The maximum absolute atomic E-state index is 5.84. The van der Waals surface area contributed by atoms with Crippen molar-refractivity contribution in [1.29, 1.82) is 0 Å². The van der Waals surface area contributed by atoms with E-state index in [0.717, 1.165) is 36.5 Å². The Labute approximate surface area is 103 Å². The quantitative estimate of drug-likeness (QED) is 0.808. The zero-order valence-electron chi connectivity index (χ0n) is 10.1. The Morgan fingerprint density at radius 1 is 1.29 bits per heavy atom. The SMILES string of the molecule is Nc1ccccc1OCCN1CC2CCC1C2. The van der Waals surface area contributed by atoms with Gasteiger partial charge in [0, 0.05) is 19.1 Å². The number of nitrogens with two attached hydrogens (primary N) is 1. The number of hydrogen-bond acceptors (Lipinski definition) is 3. The third kappa shape index (κ3) is 2.25. The first-order chi connectivity index (χ1) is 8.33. The maximum atomic E-state index is 5.84. The van der Waals surface area contributed by atoms with Crippen LogP contribution in [0.4, 0.5) is 5.69 Å². The van der Waals surface area contributed by atoms with Crippen LogP contribution in [0.2, 0.25) is 0 Å². The molecule has 3 heteroatoms. The van der Waals surface area contributed by atoms with E-state index in [1.807, 2.05) is 24.3 Å². The lowest BCUT2D eigenvalue weighted by Crippen LogP contribution is -2.35. The van der Waals surface area contributed by atoms with Crippen LogP contribution in [0.25, 0.3) is 0 Å². The van der Waals surface area contributed by atoms with Gasteiger partial charge in [-0.2, -0.15) is 0 Å².